The lowest BCUT2D eigenvalue weighted by atomic mass is 10.2. The number of benzene rings is 1. The Balaban J connectivity index is 2.05. The van der Waals surface area contributed by atoms with Crippen molar-refractivity contribution in [3.8, 4) is 0 Å². The maximum Gasteiger partial charge on any atom is 0.0353 e. The van der Waals surface area contributed by atoms with Crippen molar-refractivity contribution in [1.29, 1.82) is 0 Å². The van der Waals surface area contributed by atoms with Crippen LogP contribution in [0.5, 0.6) is 0 Å². The standard InChI is InChI=1S/C12H17BrN2/c13-12-7-11(6-5-9(12)8-14)15-10-3-1-2-4-10/h5-7,10,15H,1-4,8,14H2. The molecular formula is C12H17BrN2. The first-order valence-corrected chi connectivity index (χ1v) is 6.34. The normalized spacial score (nSPS) is 16.9. The molecule has 15 heavy (non-hydrogen) atoms. The summed E-state index contributed by atoms with van der Waals surface area (Å²) in [6, 6.07) is 6.99. The minimum absolute atomic E-state index is 0.588. The molecule has 1 aliphatic rings. The zero-order chi connectivity index (χ0) is 10.7. The van der Waals surface area contributed by atoms with Gasteiger partial charge in [-0.1, -0.05) is 34.8 Å². The molecular weight excluding hydrogens is 252 g/mol. The molecule has 0 unspecified atom stereocenters. The summed E-state index contributed by atoms with van der Waals surface area (Å²) in [5.41, 5.74) is 7.97. The van der Waals surface area contributed by atoms with Gasteiger partial charge in [0, 0.05) is 22.7 Å². The van der Waals surface area contributed by atoms with Gasteiger partial charge in [0.25, 0.3) is 0 Å². The van der Waals surface area contributed by atoms with Crippen LogP contribution in [0.4, 0.5) is 5.69 Å². The van der Waals surface area contributed by atoms with Crippen LogP contribution >= 0.6 is 15.9 Å². The van der Waals surface area contributed by atoms with E-state index in [1.807, 2.05) is 0 Å². The molecule has 2 rings (SSSR count). The van der Waals surface area contributed by atoms with Crippen molar-refractivity contribution in [1.82, 2.24) is 0 Å². The topological polar surface area (TPSA) is 38.0 Å². The summed E-state index contributed by atoms with van der Waals surface area (Å²) in [5.74, 6) is 0. The van der Waals surface area contributed by atoms with E-state index in [-0.39, 0.29) is 0 Å². The summed E-state index contributed by atoms with van der Waals surface area (Å²) < 4.78 is 1.10. The number of halogens is 1. The van der Waals surface area contributed by atoms with E-state index in [0.29, 0.717) is 12.6 Å². The summed E-state index contributed by atoms with van der Waals surface area (Å²) in [5, 5.41) is 3.56. The van der Waals surface area contributed by atoms with E-state index < -0.39 is 0 Å². The molecule has 0 heterocycles. The third kappa shape index (κ3) is 2.73. The lowest BCUT2D eigenvalue weighted by Gasteiger charge is -2.14. The Bertz CT molecular complexity index is 332. The fourth-order valence-corrected chi connectivity index (χ4v) is 2.65. The molecule has 1 aromatic rings. The van der Waals surface area contributed by atoms with Crippen molar-refractivity contribution < 1.29 is 0 Å². The fourth-order valence-electron chi connectivity index (χ4n) is 2.11. The molecule has 0 aliphatic heterocycles. The average molecular weight is 269 g/mol. The van der Waals surface area contributed by atoms with Gasteiger partial charge in [0.1, 0.15) is 0 Å². The largest absolute Gasteiger partial charge is 0.382 e. The van der Waals surface area contributed by atoms with Gasteiger partial charge in [0.15, 0.2) is 0 Å². The van der Waals surface area contributed by atoms with Crippen LogP contribution in [0.2, 0.25) is 0 Å². The third-order valence-electron chi connectivity index (χ3n) is 3.00. The molecule has 0 bridgehead atoms. The smallest absolute Gasteiger partial charge is 0.0353 e. The maximum atomic E-state index is 5.61. The van der Waals surface area contributed by atoms with Crippen LogP contribution in [0.25, 0.3) is 0 Å². The Morgan fingerprint density at radius 1 is 1.33 bits per heavy atom. The highest BCUT2D eigenvalue weighted by atomic mass is 79.9. The van der Waals surface area contributed by atoms with Gasteiger partial charge >= 0.3 is 0 Å². The highest BCUT2D eigenvalue weighted by molar-refractivity contribution is 9.10. The number of nitrogens with two attached hydrogens (primary N) is 1. The molecule has 3 heteroatoms. The second-order valence-corrected chi connectivity index (χ2v) is 4.99. The van der Waals surface area contributed by atoms with Crippen LogP contribution in [0.1, 0.15) is 31.2 Å². The van der Waals surface area contributed by atoms with E-state index in [9.17, 15) is 0 Å². The first-order valence-electron chi connectivity index (χ1n) is 5.54. The molecule has 2 nitrogen and oxygen atoms in total. The Kier molecular flexibility index (Phi) is 3.65. The van der Waals surface area contributed by atoms with E-state index in [2.05, 4.69) is 39.4 Å². The Hall–Kier alpha value is -0.540. The Morgan fingerprint density at radius 3 is 2.67 bits per heavy atom. The number of rotatable bonds is 3. The van der Waals surface area contributed by atoms with Crippen molar-refractivity contribution >= 4 is 21.6 Å². The molecule has 0 atom stereocenters. The first kappa shape index (κ1) is 11.0. The van der Waals surface area contributed by atoms with E-state index >= 15 is 0 Å². The summed E-state index contributed by atoms with van der Waals surface area (Å²) in [7, 11) is 0. The first-order chi connectivity index (χ1) is 7.29. The lowest BCUT2D eigenvalue weighted by Crippen LogP contribution is -2.14. The Labute approximate surface area is 99.4 Å². The third-order valence-corrected chi connectivity index (χ3v) is 3.74. The number of hydrogen-bond donors (Lipinski definition) is 2. The quantitative estimate of drug-likeness (QED) is 0.883. The molecule has 1 aromatic carbocycles. The predicted octanol–water partition coefficient (Wildman–Crippen LogP) is 3.26. The van der Waals surface area contributed by atoms with Crippen molar-refractivity contribution in [3.63, 3.8) is 0 Å². The molecule has 1 aliphatic carbocycles. The zero-order valence-corrected chi connectivity index (χ0v) is 10.4. The second-order valence-electron chi connectivity index (χ2n) is 4.14. The van der Waals surface area contributed by atoms with Gasteiger partial charge in [-0.05, 0) is 30.5 Å². The molecule has 1 fully saturated rings. The summed E-state index contributed by atoms with van der Waals surface area (Å²) in [6.07, 6.45) is 5.33. The fraction of sp³-hybridized carbons (Fsp3) is 0.500. The zero-order valence-electron chi connectivity index (χ0n) is 8.80. The van der Waals surface area contributed by atoms with E-state index in [1.165, 1.54) is 31.4 Å². The van der Waals surface area contributed by atoms with Gasteiger partial charge in [0.05, 0.1) is 0 Å². The van der Waals surface area contributed by atoms with E-state index in [1.54, 1.807) is 0 Å². The molecule has 0 spiro atoms. The van der Waals surface area contributed by atoms with Gasteiger partial charge < -0.3 is 11.1 Å². The summed E-state index contributed by atoms with van der Waals surface area (Å²) in [4.78, 5) is 0. The summed E-state index contributed by atoms with van der Waals surface area (Å²) in [6.45, 7) is 0.588. The van der Waals surface area contributed by atoms with Crippen molar-refractivity contribution in [2.45, 2.75) is 38.3 Å². The average Bonchev–Trinajstić information content (AvgIpc) is 2.71. The van der Waals surface area contributed by atoms with Crippen molar-refractivity contribution in [2.75, 3.05) is 5.32 Å². The molecule has 0 aromatic heterocycles. The molecule has 3 N–H and O–H groups in total. The minimum Gasteiger partial charge on any atom is -0.382 e. The van der Waals surface area contributed by atoms with Crippen LogP contribution in [-0.4, -0.2) is 6.04 Å². The summed E-state index contributed by atoms with van der Waals surface area (Å²) >= 11 is 3.54. The van der Waals surface area contributed by atoms with E-state index in [4.69, 9.17) is 5.73 Å². The van der Waals surface area contributed by atoms with Crippen LogP contribution in [-0.2, 0) is 6.54 Å². The van der Waals surface area contributed by atoms with Crippen molar-refractivity contribution in [2.24, 2.45) is 5.73 Å². The Morgan fingerprint density at radius 2 is 2.07 bits per heavy atom. The predicted molar refractivity (Wildman–Crippen MR) is 67.9 cm³/mol. The van der Waals surface area contributed by atoms with Crippen molar-refractivity contribution in [3.05, 3.63) is 28.2 Å². The van der Waals surface area contributed by atoms with Crippen LogP contribution < -0.4 is 11.1 Å². The van der Waals surface area contributed by atoms with Gasteiger partial charge in [-0.2, -0.15) is 0 Å². The van der Waals surface area contributed by atoms with Crippen LogP contribution in [0, 0.1) is 0 Å². The number of anilines is 1. The minimum atomic E-state index is 0.588. The van der Waals surface area contributed by atoms with Gasteiger partial charge in [-0.3, -0.25) is 0 Å². The van der Waals surface area contributed by atoms with Gasteiger partial charge in [-0.15, -0.1) is 0 Å². The number of hydrogen-bond acceptors (Lipinski definition) is 2. The highest BCUT2D eigenvalue weighted by Gasteiger charge is 2.14. The highest BCUT2D eigenvalue weighted by Crippen LogP contribution is 2.25. The van der Waals surface area contributed by atoms with Crippen LogP contribution in [0.15, 0.2) is 22.7 Å². The maximum absolute atomic E-state index is 5.61. The van der Waals surface area contributed by atoms with Gasteiger partial charge in [0.2, 0.25) is 0 Å². The molecule has 0 saturated heterocycles. The van der Waals surface area contributed by atoms with E-state index in [0.717, 1.165) is 10.0 Å². The van der Waals surface area contributed by atoms with Crippen LogP contribution in [0.3, 0.4) is 0 Å². The molecule has 0 radical (unpaired) electrons. The second kappa shape index (κ2) is 4.99. The van der Waals surface area contributed by atoms with Gasteiger partial charge in [-0.25, -0.2) is 0 Å². The molecule has 0 amide bonds. The lowest BCUT2D eigenvalue weighted by molar-refractivity contribution is 0.755. The number of nitrogens with one attached hydrogen (secondary N) is 1. The monoisotopic (exact) mass is 268 g/mol. The SMILES string of the molecule is NCc1ccc(NC2CCCC2)cc1Br. The molecule has 82 valence electrons. The molecule has 1 saturated carbocycles.